The zero-order valence-electron chi connectivity index (χ0n) is 14.6. The molecular formula is C22H22N2O2. The number of aromatic nitrogens is 1. The molecule has 1 unspecified atom stereocenters. The van der Waals surface area contributed by atoms with Crippen LogP contribution in [0, 0.1) is 0 Å². The Morgan fingerprint density at radius 3 is 2.73 bits per heavy atom. The fourth-order valence-electron chi connectivity index (χ4n) is 3.87. The molecule has 2 N–H and O–H groups in total. The Morgan fingerprint density at radius 2 is 1.92 bits per heavy atom. The molecular weight excluding hydrogens is 324 g/mol. The van der Waals surface area contributed by atoms with E-state index in [4.69, 9.17) is 0 Å². The molecule has 4 heteroatoms. The first kappa shape index (κ1) is 16.6. The second kappa shape index (κ2) is 7.18. The average Bonchev–Trinajstić information content (AvgIpc) is 2.81. The Hall–Kier alpha value is -2.85. The monoisotopic (exact) mass is 346 g/mol. The third-order valence-corrected chi connectivity index (χ3v) is 5.05. The highest BCUT2D eigenvalue weighted by Gasteiger charge is 2.30. The fourth-order valence-corrected chi connectivity index (χ4v) is 3.87. The minimum atomic E-state index is -0.767. The molecule has 2 aromatic carbocycles. The predicted molar refractivity (Wildman–Crippen MR) is 104 cm³/mol. The minimum absolute atomic E-state index is 0.473. The van der Waals surface area contributed by atoms with Crippen molar-refractivity contribution >= 4 is 22.9 Å². The number of hydrogen-bond donors (Lipinski definition) is 2. The smallest absolute Gasteiger partial charge is 0.313 e. The summed E-state index contributed by atoms with van der Waals surface area (Å²) in [6.07, 6.45) is 5.06. The van der Waals surface area contributed by atoms with Gasteiger partial charge in [0, 0.05) is 29.7 Å². The summed E-state index contributed by atoms with van der Waals surface area (Å²) < 4.78 is 2.18. The number of allylic oxidation sites excluding steroid dienone is 1. The van der Waals surface area contributed by atoms with Crippen LogP contribution in [-0.2, 0) is 17.8 Å². The van der Waals surface area contributed by atoms with Crippen LogP contribution in [0.3, 0.4) is 0 Å². The molecule has 3 aromatic rings. The van der Waals surface area contributed by atoms with Crippen LogP contribution in [0.15, 0.2) is 60.7 Å². The Bertz CT molecular complexity index is 957. The number of hydrogen-bond acceptors (Lipinski definition) is 2. The summed E-state index contributed by atoms with van der Waals surface area (Å²) >= 11 is 0. The van der Waals surface area contributed by atoms with Crippen LogP contribution in [0.4, 0.5) is 0 Å². The summed E-state index contributed by atoms with van der Waals surface area (Å²) in [6.45, 7) is 1.94. The molecule has 0 bridgehead atoms. The fraction of sp³-hybridized carbons (Fsp3) is 0.227. The summed E-state index contributed by atoms with van der Waals surface area (Å²) in [5, 5.41) is 14.2. The van der Waals surface area contributed by atoms with Crippen molar-refractivity contribution in [2.75, 3.05) is 13.1 Å². The molecule has 0 fully saturated rings. The second-order valence-electron chi connectivity index (χ2n) is 6.65. The largest absolute Gasteiger partial charge is 0.481 e. The number of aliphatic carboxylic acids is 1. The first-order valence-electron chi connectivity index (χ1n) is 9.01. The summed E-state index contributed by atoms with van der Waals surface area (Å²) in [5.41, 5.74) is 4.38. The summed E-state index contributed by atoms with van der Waals surface area (Å²) in [5.74, 6) is -1.29. The predicted octanol–water partition coefficient (Wildman–Crippen LogP) is 3.67. The van der Waals surface area contributed by atoms with E-state index in [0.29, 0.717) is 13.1 Å². The van der Waals surface area contributed by atoms with Crippen LogP contribution in [0.25, 0.3) is 17.0 Å². The molecule has 2 heterocycles. The molecule has 1 aliphatic rings. The van der Waals surface area contributed by atoms with E-state index in [1.165, 1.54) is 10.9 Å². The standard InChI is InChI=1S/C22H22N2O2/c25-22(26)19-15-23-13-12-18-17-10-4-5-11-20(17)24(21(18)19)14-6-9-16-7-2-1-3-8-16/h1-11,19,23H,12-15H2,(H,25,26). The van der Waals surface area contributed by atoms with Crippen molar-refractivity contribution in [2.45, 2.75) is 18.9 Å². The van der Waals surface area contributed by atoms with Gasteiger partial charge in [-0.3, -0.25) is 4.79 Å². The number of carboxylic acid groups (broad SMARTS) is 1. The second-order valence-corrected chi connectivity index (χ2v) is 6.65. The van der Waals surface area contributed by atoms with Gasteiger partial charge in [0.25, 0.3) is 0 Å². The molecule has 132 valence electrons. The third-order valence-electron chi connectivity index (χ3n) is 5.05. The molecule has 0 spiro atoms. The van der Waals surface area contributed by atoms with Crippen LogP contribution in [0.2, 0.25) is 0 Å². The highest BCUT2D eigenvalue weighted by Crippen LogP contribution is 2.33. The van der Waals surface area contributed by atoms with Gasteiger partial charge in [0.05, 0.1) is 0 Å². The van der Waals surface area contributed by atoms with Crippen molar-refractivity contribution in [3.05, 3.63) is 77.5 Å². The highest BCUT2D eigenvalue weighted by molar-refractivity contribution is 5.89. The van der Waals surface area contributed by atoms with Gasteiger partial charge in [0.15, 0.2) is 0 Å². The molecule has 1 aromatic heterocycles. The molecule has 4 rings (SSSR count). The number of rotatable bonds is 4. The lowest BCUT2D eigenvalue weighted by atomic mass is 10.00. The number of para-hydroxylation sites is 1. The molecule has 26 heavy (non-hydrogen) atoms. The van der Waals surface area contributed by atoms with E-state index in [-0.39, 0.29) is 0 Å². The summed E-state index contributed by atoms with van der Waals surface area (Å²) in [6, 6.07) is 18.4. The number of carboxylic acids is 1. The van der Waals surface area contributed by atoms with Gasteiger partial charge in [0.2, 0.25) is 0 Å². The maximum atomic E-state index is 11.9. The highest BCUT2D eigenvalue weighted by atomic mass is 16.4. The van der Waals surface area contributed by atoms with Crippen molar-refractivity contribution in [1.29, 1.82) is 0 Å². The number of benzene rings is 2. The van der Waals surface area contributed by atoms with E-state index < -0.39 is 11.9 Å². The summed E-state index contributed by atoms with van der Waals surface area (Å²) in [7, 11) is 0. The first-order valence-corrected chi connectivity index (χ1v) is 9.01. The number of nitrogens with zero attached hydrogens (tertiary/aromatic N) is 1. The van der Waals surface area contributed by atoms with Crippen molar-refractivity contribution in [1.82, 2.24) is 9.88 Å². The maximum Gasteiger partial charge on any atom is 0.313 e. The third kappa shape index (κ3) is 3.04. The van der Waals surface area contributed by atoms with Gasteiger partial charge < -0.3 is 15.0 Å². The van der Waals surface area contributed by atoms with Crippen LogP contribution in [0.5, 0.6) is 0 Å². The number of fused-ring (bicyclic) bond motifs is 3. The number of carbonyl (C=O) groups is 1. The first-order chi connectivity index (χ1) is 12.8. The van der Waals surface area contributed by atoms with E-state index in [0.717, 1.165) is 29.7 Å². The van der Waals surface area contributed by atoms with E-state index in [1.807, 2.05) is 30.3 Å². The molecule has 0 saturated heterocycles. The van der Waals surface area contributed by atoms with Crippen molar-refractivity contribution in [3.63, 3.8) is 0 Å². The summed E-state index contributed by atoms with van der Waals surface area (Å²) in [4.78, 5) is 11.9. The van der Waals surface area contributed by atoms with Gasteiger partial charge in [-0.1, -0.05) is 60.7 Å². The Kier molecular flexibility index (Phi) is 4.59. The van der Waals surface area contributed by atoms with E-state index >= 15 is 0 Å². The Morgan fingerprint density at radius 1 is 1.15 bits per heavy atom. The van der Waals surface area contributed by atoms with Gasteiger partial charge in [-0.2, -0.15) is 0 Å². The Balaban J connectivity index is 1.80. The quantitative estimate of drug-likeness (QED) is 0.758. The molecule has 0 saturated carbocycles. The van der Waals surface area contributed by atoms with Crippen molar-refractivity contribution in [3.8, 4) is 0 Å². The number of nitrogens with one attached hydrogen (secondary N) is 1. The molecule has 4 nitrogen and oxygen atoms in total. The zero-order chi connectivity index (χ0) is 17.9. The van der Waals surface area contributed by atoms with Crippen molar-refractivity contribution in [2.24, 2.45) is 0 Å². The van der Waals surface area contributed by atoms with Crippen LogP contribution in [0.1, 0.15) is 22.7 Å². The van der Waals surface area contributed by atoms with Gasteiger partial charge in [-0.15, -0.1) is 0 Å². The lowest BCUT2D eigenvalue weighted by molar-refractivity contribution is -0.138. The Labute approximate surface area is 152 Å². The zero-order valence-corrected chi connectivity index (χ0v) is 14.6. The van der Waals surface area contributed by atoms with Gasteiger partial charge in [-0.25, -0.2) is 0 Å². The van der Waals surface area contributed by atoms with Crippen LogP contribution >= 0.6 is 0 Å². The molecule has 0 amide bonds. The SMILES string of the molecule is O=C(O)C1CNCCc2c1n(CC=Cc1ccccc1)c1ccccc21. The van der Waals surface area contributed by atoms with Gasteiger partial charge in [-0.05, 0) is 30.2 Å². The van der Waals surface area contributed by atoms with E-state index in [1.54, 1.807) is 0 Å². The van der Waals surface area contributed by atoms with Gasteiger partial charge >= 0.3 is 5.97 Å². The molecule has 1 aliphatic heterocycles. The normalized spacial score (nSPS) is 17.3. The van der Waals surface area contributed by atoms with Gasteiger partial charge in [0.1, 0.15) is 5.92 Å². The lowest BCUT2D eigenvalue weighted by Gasteiger charge is -2.15. The average molecular weight is 346 g/mol. The van der Waals surface area contributed by atoms with Crippen molar-refractivity contribution < 1.29 is 9.90 Å². The van der Waals surface area contributed by atoms with E-state index in [2.05, 4.69) is 46.3 Å². The maximum absolute atomic E-state index is 11.9. The van der Waals surface area contributed by atoms with Crippen LogP contribution < -0.4 is 5.32 Å². The lowest BCUT2D eigenvalue weighted by Crippen LogP contribution is -2.27. The molecule has 1 atom stereocenters. The molecule has 0 aliphatic carbocycles. The van der Waals surface area contributed by atoms with Crippen LogP contribution in [-0.4, -0.2) is 28.7 Å². The van der Waals surface area contributed by atoms with E-state index in [9.17, 15) is 9.90 Å². The molecule has 0 radical (unpaired) electrons. The topological polar surface area (TPSA) is 54.3 Å². The minimum Gasteiger partial charge on any atom is -0.481 e.